The van der Waals surface area contributed by atoms with Gasteiger partial charge in [0.05, 0.1) is 16.8 Å². The van der Waals surface area contributed by atoms with Crippen LogP contribution in [0, 0.1) is 5.92 Å². The van der Waals surface area contributed by atoms with E-state index in [1.54, 1.807) is 24.3 Å². The van der Waals surface area contributed by atoms with Crippen LogP contribution in [0.3, 0.4) is 0 Å². The average molecular weight is 475 g/mol. The minimum Gasteiger partial charge on any atom is -0.300 e. The molecule has 0 fully saturated rings. The quantitative estimate of drug-likeness (QED) is 0.547. The molecule has 2 aliphatic heterocycles. The van der Waals surface area contributed by atoms with Gasteiger partial charge < -0.3 is 5.32 Å². The molecule has 3 amide bonds. The zero-order chi connectivity index (χ0) is 23.8. The third-order valence-electron chi connectivity index (χ3n) is 6.29. The lowest BCUT2D eigenvalue weighted by atomic mass is 10.0. The van der Waals surface area contributed by atoms with Crippen LogP contribution in [-0.4, -0.2) is 45.1 Å². The molecule has 0 saturated carbocycles. The van der Waals surface area contributed by atoms with Gasteiger partial charge >= 0.3 is 0 Å². The van der Waals surface area contributed by atoms with Gasteiger partial charge in [-0.2, -0.15) is 0 Å². The van der Waals surface area contributed by atoms with E-state index < -0.39 is 23.8 Å². The molecule has 1 aromatic heterocycles. The van der Waals surface area contributed by atoms with Crippen LogP contribution < -0.4 is 5.32 Å². The second-order valence-electron chi connectivity index (χ2n) is 9.04. The molecule has 8 heteroatoms. The van der Waals surface area contributed by atoms with E-state index in [1.807, 2.05) is 32.0 Å². The number of hydrogen-bond acceptors (Lipinski definition) is 6. The highest BCUT2D eigenvalue weighted by Crippen LogP contribution is 2.31. The summed E-state index contributed by atoms with van der Waals surface area (Å²) < 4.78 is 0. The number of amides is 3. The predicted molar refractivity (Wildman–Crippen MR) is 131 cm³/mol. The van der Waals surface area contributed by atoms with E-state index in [2.05, 4.69) is 27.3 Å². The van der Waals surface area contributed by atoms with Crippen molar-refractivity contribution in [1.29, 1.82) is 0 Å². The Kier molecular flexibility index (Phi) is 6.02. The van der Waals surface area contributed by atoms with Crippen molar-refractivity contribution in [2.45, 2.75) is 39.4 Å². The zero-order valence-corrected chi connectivity index (χ0v) is 20.0. The fraction of sp³-hybridized carbons (Fsp3) is 0.308. The number of fused-ring (bicyclic) bond motifs is 2. The Morgan fingerprint density at radius 2 is 1.68 bits per heavy atom. The fourth-order valence-corrected chi connectivity index (χ4v) is 5.69. The van der Waals surface area contributed by atoms with Crippen molar-refractivity contribution in [3.05, 3.63) is 81.9 Å². The lowest BCUT2D eigenvalue weighted by Gasteiger charge is -2.27. The maximum absolute atomic E-state index is 13.3. The van der Waals surface area contributed by atoms with Gasteiger partial charge in [0.15, 0.2) is 5.13 Å². The van der Waals surface area contributed by atoms with E-state index in [-0.39, 0.29) is 5.92 Å². The van der Waals surface area contributed by atoms with Gasteiger partial charge in [-0.15, -0.1) is 11.3 Å². The molecule has 174 valence electrons. The van der Waals surface area contributed by atoms with Crippen molar-refractivity contribution in [1.82, 2.24) is 14.8 Å². The van der Waals surface area contributed by atoms with Gasteiger partial charge in [0.1, 0.15) is 6.04 Å². The molecule has 1 N–H and O–H groups in total. The van der Waals surface area contributed by atoms with Crippen LogP contribution in [0.5, 0.6) is 0 Å². The first-order chi connectivity index (χ1) is 16.4. The summed E-state index contributed by atoms with van der Waals surface area (Å²) >= 11 is 1.47. The summed E-state index contributed by atoms with van der Waals surface area (Å²) in [6.07, 6.45) is 0.820. The Morgan fingerprint density at radius 3 is 2.32 bits per heavy atom. The van der Waals surface area contributed by atoms with Crippen molar-refractivity contribution >= 4 is 34.2 Å². The van der Waals surface area contributed by atoms with Crippen molar-refractivity contribution in [3.63, 3.8) is 0 Å². The first kappa shape index (κ1) is 22.4. The molecule has 0 radical (unpaired) electrons. The highest BCUT2D eigenvalue weighted by atomic mass is 32.1. The maximum Gasteiger partial charge on any atom is 0.262 e. The highest BCUT2D eigenvalue weighted by Gasteiger charge is 2.44. The molecule has 34 heavy (non-hydrogen) atoms. The van der Waals surface area contributed by atoms with E-state index in [1.165, 1.54) is 16.9 Å². The van der Waals surface area contributed by atoms with Crippen LogP contribution in [0.25, 0.3) is 0 Å². The molecule has 0 saturated heterocycles. The predicted octanol–water partition coefficient (Wildman–Crippen LogP) is 3.96. The minimum atomic E-state index is -0.914. The second-order valence-corrected chi connectivity index (χ2v) is 10.1. The summed E-state index contributed by atoms with van der Waals surface area (Å²) in [6, 6.07) is 16.1. The normalized spacial score (nSPS) is 16.5. The highest BCUT2D eigenvalue weighted by molar-refractivity contribution is 7.15. The number of rotatable bonds is 6. The van der Waals surface area contributed by atoms with E-state index in [4.69, 9.17) is 0 Å². The lowest BCUT2D eigenvalue weighted by Crippen LogP contribution is -2.50. The van der Waals surface area contributed by atoms with Crippen molar-refractivity contribution in [3.8, 4) is 0 Å². The Hall–Kier alpha value is -3.36. The molecule has 1 atom stereocenters. The number of anilines is 1. The Morgan fingerprint density at radius 1 is 1.03 bits per heavy atom. The van der Waals surface area contributed by atoms with Gasteiger partial charge in [0.25, 0.3) is 11.8 Å². The van der Waals surface area contributed by atoms with Crippen LogP contribution in [0.2, 0.25) is 0 Å². The SMILES string of the molecule is CC(C)C(C(=O)Nc1nc2c(s1)CN(Cc1ccccc1)CC2)N1C(=O)c2ccccc2C1=O. The topological polar surface area (TPSA) is 82.6 Å². The van der Waals surface area contributed by atoms with E-state index >= 15 is 0 Å². The van der Waals surface area contributed by atoms with Crippen molar-refractivity contribution < 1.29 is 14.4 Å². The van der Waals surface area contributed by atoms with E-state index in [9.17, 15) is 14.4 Å². The van der Waals surface area contributed by atoms with Crippen LogP contribution in [-0.2, 0) is 24.3 Å². The standard InChI is InChI=1S/C26H26N4O3S/c1-16(2)22(30-24(32)18-10-6-7-11-19(18)25(30)33)23(31)28-26-27-20-12-13-29(15-21(20)34-26)14-17-8-4-3-5-9-17/h3-11,16,22H,12-15H2,1-2H3,(H,27,28,31). The number of nitrogens with one attached hydrogen (secondary N) is 1. The second kappa shape index (κ2) is 9.12. The fourth-order valence-electron chi connectivity index (χ4n) is 4.64. The summed E-state index contributed by atoms with van der Waals surface area (Å²) in [6.45, 7) is 6.23. The third kappa shape index (κ3) is 4.15. The van der Waals surface area contributed by atoms with Crippen LogP contribution >= 0.6 is 11.3 Å². The van der Waals surface area contributed by atoms with E-state index in [0.717, 1.165) is 41.5 Å². The molecule has 0 spiro atoms. The number of nitrogens with zero attached hydrogens (tertiary/aromatic N) is 3. The Bertz CT molecular complexity index is 1220. The number of carbonyl (C=O) groups excluding carboxylic acids is 3. The smallest absolute Gasteiger partial charge is 0.262 e. The first-order valence-corrected chi connectivity index (χ1v) is 12.3. The Balaban J connectivity index is 1.31. The zero-order valence-electron chi connectivity index (χ0n) is 19.2. The molecule has 0 aliphatic carbocycles. The number of imide groups is 1. The molecule has 3 aromatic rings. The number of hydrogen-bond donors (Lipinski definition) is 1. The molecule has 0 bridgehead atoms. The number of aromatic nitrogens is 1. The maximum atomic E-state index is 13.3. The number of thiazole rings is 1. The van der Waals surface area contributed by atoms with Crippen LogP contribution in [0.15, 0.2) is 54.6 Å². The van der Waals surface area contributed by atoms with Crippen LogP contribution in [0.4, 0.5) is 5.13 Å². The van der Waals surface area contributed by atoms with Crippen LogP contribution in [0.1, 0.15) is 50.7 Å². The van der Waals surface area contributed by atoms with Gasteiger partial charge in [0, 0.05) is 30.9 Å². The van der Waals surface area contributed by atoms with Crippen molar-refractivity contribution in [2.24, 2.45) is 5.92 Å². The monoisotopic (exact) mass is 474 g/mol. The summed E-state index contributed by atoms with van der Waals surface area (Å²) in [5.41, 5.74) is 2.96. The third-order valence-corrected chi connectivity index (χ3v) is 7.29. The van der Waals surface area contributed by atoms with E-state index in [0.29, 0.717) is 16.3 Å². The number of benzene rings is 2. The molecular weight excluding hydrogens is 448 g/mol. The van der Waals surface area contributed by atoms with Gasteiger partial charge in [-0.3, -0.25) is 24.2 Å². The molecule has 3 heterocycles. The number of carbonyl (C=O) groups is 3. The molecule has 5 rings (SSSR count). The summed E-state index contributed by atoms with van der Waals surface area (Å²) in [5, 5.41) is 3.41. The minimum absolute atomic E-state index is 0.252. The molecule has 7 nitrogen and oxygen atoms in total. The largest absolute Gasteiger partial charge is 0.300 e. The van der Waals surface area contributed by atoms with Gasteiger partial charge in [-0.05, 0) is 23.6 Å². The summed E-state index contributed by atoms with van der Waals surface area (Å²) in [5.74, 6) is -1.50. The molecule has 1 unspecified atom stereocenters. The van der Waals surface area contributed by atoms with Crippen molar-refractivity contribution in [2.75, 3.05) is 11.9 Å². The lowest BCUT2D eigenvalue weighted by molar-refractivity contribution is -0.121. The Labute approximate surface area is 202 Å². The summed E-state index contributed by atoms with van der Waals surface area (Å²) in [7, 11) is 0. The first-order valence-electron chi connectivity index (χ1n) is 11.4. The summed E-state index contributed by atoms with van der Waals surface area (Å²) in [4.78, 5) is 48.5. The van der Waals surface area contributed by atoms with Gasteiger partial charge in [-0.25, -0.2) is 4.98 Å². The van der Waals surface area contributed by atoms with Gasteiger partial charge in [0.2, 0.25) is 5.91 Å². The molecule has 2 aliphatic rings. The van der Waals surface area contributed by atoms with Gasteiger partial charge in [-0.1, -0.05) is 56.3 Å². The molecular formula is C26H26N4O3S. The average Bonchev–Trinajstić information content (AvgIpc) is 3.33. The molecule has 2 aromatic carbocycles.